The second-order valence-corrected chi connectivity index (χ2v) is 26.8. The number of alkyl halides is 4. The topological polar surface area (TPSA) is 310 Å². The van der Waals surface area contributed by atoms with Gasteiger partial charge in [0.25, 0.3) is 18.2 Å². The average Bonchev–Trinajstić information content (AvgIpc) is 1.83. The van der Waals surface area contributed by atoms with Gasteiger partial charge in [-0.2, -0.15) is 8.78 Å². The molecule has 3 aromatic carbocycles. The van der Waals surface area contributed by atoms with E-state index in [-0.39, 0.29) is 103 Å². The van der Waals surface area contributed by atoms with Crippen LogP contribution in [0.4, 0.5) is 23.2 Å². The van der Waals surface area contributed by atoms with Crippen molar-refractivity contribution in [3.63, 3.8) is 0 Å². The van der Waals surface area contributed by atoms with Gasteiger partial charge >= 0.3 is 13.3 Å². The molecule has 6 atom stereocenters. The molecule has 0 saturated carbocycles. The number of nitrogens with one attached hydrogen (secondary N) is 5. The number of rotatable bonds is 20. The molecule has 5 aliphatic rings. The summed E-state index contributed by atoms with van der Waals surface area (Å²) in [5.74, 6) is -5.64. The Balaban J connectivity index is 0.890. The highest BCUT2D eigenvalue weighted by atomic mass is 32.1. The van der Waals surface area contributed by atoms with Gasteiger partial charge in [0, 0.05) is 91.7 Å². The minimum Gasteiger partial charge on any atom is -0.384 e. The lowest BCUT2D eigenvalue weighted by atomic mass is 9.86. The van der Waals surface area contributed by atoms with E-state index in [0.29, 0.717) is 43.6 Å². The molecule has 22 nitrogen and oxygen atoms in total. The van der Waals surface area contributed by atoms with Gasteiger partial charge in [0.1, 0.15) is 30.2 Å². The Bertz CT molecular complexity index is 3390. The number of anilines is 1. The van der Waals surface area contributed by atoms with Gasteiger partial charge in [0.05, 0.1) is 11.4 Å². The summed E-state index contributed by atoms with van der Waals surface area (Å²) in [7, 11) is -5.94. The molecular weight excluding hydrogens is 1180 g/mol. The largest absolute Gasteiger partial charge is 0.399 e. The van der Waals surface area contributed by atoms with Gasteiger partial charge in [-0.15, -0.1) is 11.3 Å². The molecule has 3 unspecified atom stereocenters. The quantitative estimate of drug-likeness (QED) is 0.0345. The van der Waals surface area contributed by atoms with Crippen molar-refractivity contribution in [2.24, 2.45) is 11.7 Å². The molecule has 468 valence electrons. The Hall–Kier alpha value is -7.32. The van der Waals surface area contributed by atoms with Crippen molar-refractivity contribution in [2.75, 3.05) is 44.6 Å². The molecule has 9 rings (SSSR count). The Morgan fingerprint density at radius 2 is 1.57 bits per heavy atom. The van der Waals surface area contributed by atoms with Crippen LogP contribution in [0.15, 0.2) is 66.7 Å². The molecule has 9 N–H and O–H groups in total. The zero-order chi connectivity index (χ0) is 62.9. The number of hydrogen-bond donors (Lipinski definition) is 8. The zero-order valence-corrected chi connectivity index (χ0v) is 49.9. The van der Waals surface area contributed by atoms with E-state index in [1.807, 2.05) is 30.3 Å². The number of fused-ring (bicyclic) bond motifs is 3. The van der Waals surface area contributed by atoms with Crippen LogP contribution < -0.4 is 32.3 Å². The first-order valence-electron chi connectivity index (χ1n) is 28.9. The van der Waals surface area contributed by atoms with Crippen LogP contribution in [0.2, 0.25) is 0 Å². The molecule has 9 amide bonds. The molecular formula is C59H71F4N10O12PS. The third-order valence-corrected chi connectivity index (χ3v) is 19.1. The van der Waals surface area contributed by atoms with Crippen LogP contribution >= 0.6 is 18.9 Å². The molecule has 6 heterocycles. The summed E-state index contributed by atoms with van der Waals surface area (Å²) in [4.78, 5) is 147. The maximum absolute atomic E-state index is 14.8. The van der Waals surface area contributed by atoms with Crippen molar-refractivity contribution >= 4 is 87.9 Å². The van der Waals surface area contributed by atoms with Crippen LogP contribution in [0.1, 0.15) is 121 Å². The van der Waals surface area contributed by atoms with E-state index < -0.39 is 116 Å². The van der Waals surface area contributed by atoms with Crippen molar-refractivity contribution in [2.45, 2.75) is 145 Å². The Morgan fingerprint density at radius 1 is 0.862 bits per heavy atom. The molecule has 5 aliphatic heterocycles. The van der Waals surface area contributed by atoms with E-state index in [0.717, 1.165) is 46.4 Å². The summed E-state index contributed by atoms with van der Waals surface area (Å²) < 4.78 is 69.0. The summed E-state index contributed by atoms with van der Waals surface area (Å²) in [5.41, 5.74) is 3.52. The lowest BCUT2D eigenvalue weighted by Gasteiger charge is -2.39. The van der Waals surface area contributed by atoms with Gasteiger partial charge in [0.15, 0.2) is 0 Å². The summed E-state index contributed by atoms with van der Waals surface area (Å²) >= 11 is 0.813. The minimum atomic E-state index is -5.94. The molecule has 0 bridgehead atoms. The van der Waals surface area contributed by atoms with Crippen LogP contribution in [-0.4, -0.2) is 164 Å². The third-order valence-electron chi connectivity index (χ3n) is 17.0. The van der Waals surface area contributed by atoms with Crippen molar-refractivity contribution in [3.05, 3.63) is 99.4 Å². The van der Waals surface area contributed by atoms with E-state index in [1.165, 1.54) is 20.8 Å². The SMILES string of the molecule is CC(C)(C)c1ccc(CC(NC(=O)C(CCC(N)=O)NC(=O)[C@@H]2CC[C@@H]3CCN(CC(F)F)C[C@H](NC(=O)c4cc5cc(C(F)(F)P(=O)(O)O)ccc5s4)C(=O)N32)C(=O)N2CCC(CNc3cccc4c3CN(C3CCC(=O)NC3=O)C4=O)CC2)cc1. The van der Waals surface area contributed by atoms with Gasteiger partial charge in [-0.05, 0) is 103 Å². The summed E-state index contributed by atoms with van der Waals surface area (Å²) in [6, 6.07) is 10.00. The van der Waals surface area contributed by atoms with Gasteiger partial charge < -0.3 is 51.5 Å². The molecule has 4 saturated heterocycles. The molecule has 4 fully saturated rings. The van der Waals surface area contributed by atoms with E-state index in [4.69, 9.17) is 5.73 Å². The fourth-order valence-corrected chi connectivity index (χ4v) is 13.6. The van der Waals surface area contributed by atoms with Crippen LogP contribution in [0.3, 0.4) is 0 Å². The molecule has 28 heteroatoms. The molecule has 0 radical (unpaired) electrons. The number of carbonyl (C=O) groups is 9. The van der Waals surface area contributed by atoms with E-state index in [1.54, 1.807) is 17.0 Å². The predicted molar refractivity (Wildman–Crippen MR) is 311 cm³/mol. The number of thiophene rings is 1. The summed E-state index contributed by atoms with van der Waals surface area (Å²) in [5, 5.41) is 14.0. The Kier molecular flexibility index (Phi) is 19.3. The normalized spacial score (nSPS) is 21.4. The number of amides is 9. The maximum atomic E-state index is 14.8. The lowest BCUT2D eigenvalue weighted by Crippen LogP contribution is -2.62. The number of likely N-dealkylation sites (tertiary alicyclic amines) is 1. The maximum Gasteiger partial charge on any atom is 0.399 e. The van der Waals surface area contributed by atoms with Gasteiger partial charge in [0.2, 0.25) is 41.4 Å². The first-order chi connectivity index (χ1) is 41.1. The molecule has 87 heavy (non-hydrogen) atoms. The number of primary amides is 1. The highest BCUT2D eigenvalue weighted by molar-refractivity contribution is 7.52. The Labute approximate surface area is 502 Å². The van der Waals surface area contributed by atoms with Crippen LogP contribution in [0, 0.1) is 5.92 Å². The second kappa shape index (κ2) is 26.2. The van der Waals surface area contributed by atoms with Crippen LogP contribution in [0.5, 0.6) is 0 Å². The number of benzene rings is 3. The minimum absolute atomic E-state index is 0.0263. The number of carbonyl (C=O) groups excluding carboxylic acids is 9. The van der Waals surface area contributed by atoms with Crippen molar-refractivity contribution in [1.82, 2.24) is 40.9 Å². The first-order valence-corrected chi connectivity index (χ1v) is 31.4. The number of piperidine rings is 2. The van der Waals surface area contributed by atoms with E-state index >= 15 is 0 Å². The third kappa shape index (κ3) is 14.7. The number of hydrogen-bond acceptors (Lipinski definition) is 13. The first kappa shape index (κ1) is 64.2. The summed E-state index contributed by atoms with van der Waals surface area (Å²) in [6.45, 7) is 6.34. The van der Waals surface area contributed by atoms with E-state index in [2.05, 4.69) is 47.4 Å². The lowest BCUT2D eigenvalue weighted by molar-refractivity contribution is -0.144. The van der Waals surface area contributed by atoms with E-state index in [9.17, 15) is 75.1 Å². The molecule has 0 spiro atoms. The predicted octanol–water partition coefficient (Wildman–Crippen LogP) is 4.44. The van der Waals surface area contributed by atoms with Gasteiger partial charge in [-0.3, -0.25) is 57.9 Å². The standard InChI is InChI=1S/C59H71F4N10O12PS/c1-58(2,3)35-9-7-32(8-10-35)25-42(56(81)71-23-19-33(20-24-71)28-65-40-6-4-5-38-39(40)29-72(55(38)80)44-15-18-50(75)69-52(44)77)67-51(76)41(13-17-49(64)74)66-53(78)45-14-12-37-21-22-70(31-48(60)61)30-43(57(82)73(37)45)68-54(79)47-27-34-26-36(11-16-46(34)87-47)59(62,63)86(83,84)85/h4-11,16,26-27,33,37,41-45,48,65H,12-15,17-25,28-31H2,1-3H3,(H2,64,74)(H,66,78)(H,67,76)(H,68,79)(H,69,75,77)(H2,83,84,85)/t37-,41?,42?,43+,44?,45+/m1/s1. The number of halogens is 4. The molecule has 4 aromatic rings. The average molecular weight is 1250 g/mol. The highest BCUT2D eigenvalue weighted by Gasteiger charge is 2.51. The van der Waals surface area contributed by atoms with Crippen LogP contribution in [-0.2, 0) is 62.2 Å². The van der Waals surface area contributed by atoms with Gasteiger partial charge in [-0.25, -0.2) is 8.78 Å². The fraction of sp³-hybridized carbons (Fsp3) is 0.508. The zero-order valence-electron chi connectivity index (χ0n) is 48.2. The monoisotopic (exact) mass is 1250 g/mol. The van der Waals surface area contributed by atoms with Crippen molar-refractivity contribution in [1.29, 1.82) is 0 Å². The Morgan fingerprint density at radius 3 is 2.24 bits per heavy atom. The summed E-state index contributed by atoms with van der Waals surface area (Å²) in [6.07, 6.45) is -1.54. The molecule has 0 aliphatic carbocycles. The number of imide groups is 1. The van der Waals surface area contributed by atoms with Crippen molar-refractivity contribution in [3.8, 4) is 0 Å². The second-order valence-electron chi connectivity index (χ2n) is 24.1. The smallest absolute Gasteiger partial charge is 0.384 e. The highest BCUT2D eigenvalue weighted by Crippen LogP contribution is 2.59. The van der Waals surface area contributed by atoms with Crippen molar-refractivity contribution < 1.29 is 75.1 Å². The fourth-order valence-electron chi connectivity index (χ4n) is 12.2. The van der Waals surface area contributed by atoms with Gasteiger partial charge in [-0.1, -0.05) is 57.2 Å². The van der Waals surface area contributed by atoms with Crippen LogP contribution in [0.25, 0.3) is 10.1 Å². The number of nitrogens with zero attached hydrogens (tertiary/aromatic N) is 4. The molecule has 1 aromatic heterocycles. The number of nitrogens with two attached hydrogens (primary N) is 1.